The Labute approximate surface area is 112 Å². The second-order valence-corrected chi connectivity index (χ2v) is 5.64. The monoisotopic (exact) mass is 269 g/mol. The van der Waals surface area contributed by atoms with Gasteiger partial charge in [0.1, 0.15) is 5.54 Å². The molecule has 0 aliphatic carbocycles. The van der Waals surface area contributed by atoms with Gasteiger partial charge in [-0.05, 0) is 26.5 Å². The van der Waals surface area contributed by atoms with Crippen molar-refractivity contribution in [3.63, 3.8) is 0 Å². The molecule has 0 saturated carbocycles. The first-order valence-corrected chi connectivity index (χ1v) is 6.61. The van der Waals surface area contributed by atoms with E-state index in [9.17, 15) is 4.79 Å². The van der Waals surface area contributed by atoms with Crippen LogP contribution in [0.2, 0.25) is 0 Å². The third-order valence-electron chi connectivity index (χ3n) is 2.73. The van der Waals surface area contributed by atoms with E-state index >= 15 is 0 Å². The van der Waals surface area contributed by atoms with E-state index in [1.165, 1.54) is 7.11 Å². The summed E-state index contributed by atoms with van der Waals surface area (Å²) in [6, 6.07) is 1.78. The molecule has 5 nitrogen and oxygen atoms in total. The second kappa shape index (κ2) is 6.70. The number of likely N-dealkylation sites (N-methyl/N-ethyl adjacent to an activating group) is 1. The van der Waals surface area contributed by atoms with Crippen LogP contribution in [0, 0.1) is 0 Å². The molecule has 0 bridgehead atoms. The van der Waals surface area contributed by atoms with Gasteiger partial charge in [0.25, 0.3) is 0 Å². The Balaban J connectivity index is 2.63. The summed E-state index contributed by atoms with van der Waals surface area (Å²) in [4.78, 5) is 20.0. The van der Waals surface area contributed by atoms with Crippen LogP contribution in [0.4, 0.5) is 0 Å². The predicted octanol–water partition coefficient (Wildman–Crippen LogP) is 1.50. The molecule has 18 heavy (non-hydrogen) atoms. The zero-order valence-corrected chi connectivity index (χ0v) is 12.0. The highest BCUT2D eigenvalue weighted by molar-refractivity contribution is 7.99. The molecule has 1 rings (SSSR count). The molecule has 100 valence electrons. The number of nitrogens with one attached hydrogen (secondary N) is 1. The lowest BCUT2D eigenvalue weighted by atomic mass is 9.96. The number of carbonyl (C=O) groups is 1. The zero-order chi connectivity index (χ0) is 13.6. The Morgan fingerprint density at radius 2 is 2.17 bits per heavy atom. The number of thioether (sulfide) groups is 1. The quantitative estimate of drug-likeness (QED) is 0.479. The summed E-state index contributed by atoms with van der Waals surface area (Å²) in [6.07, 6.45) is 4.05. The summed E-state index contributed by atoms with van der Waals surface area (Å²) in [5, 5.41) is 3.93. The van der Waals surface area contributed by atoms with Crippen LogP contribution >= 0.6 is 11.8 Å². The highest BCUT2D eigenvalue weighted by atomic mass is 32.2. The lowest BCUT2D eigenvalue weighted by Gasteiger charge is -2.28. The fourth-order valence-electron chi connectivity index (χ4n) is 1.66. The summed E-state index contributed by atoms with van der Waals surface area (Å²) in [6.45, 7) is 3.88. The number of hydrogen-bond acceptors (Lipinski definition) is 6. The fourth-order valence-corrected chi connectivity index (χ4v) is 2.68. The van der Waals surface area contributed by atoms with E-state index in [-0.39, 0.29) is 11.2 Å². The van der Waals surface area contributed by atoms with Crippen molar-refractivity contribution >= 4 is 17.7 Å². The number of methoxy groups -OCH3 is 1. The Bertz CT molecular complexity index is 388. The molecule has 1 aromatic rings. The molecule has 0 aliphatic rings. The van der Waals surface area contributed by atoms with Gasteiger partial charge in [-0.1, -0.05) is 18.7 Å². The summed E-state index contributed by atoms with van der Waals surface area (Å²) in [5.74, 6) is -0.258. The molecule has 0 saturated heterocycles. The number of rotatable bonds is 6. The van der Waals surface area contributed by atoms with Crippen molar-refractivity contribution in [1.29, 1.82) is 0 Å². The van der Waals surface area contributed by atoms with Gasteiger partial charge in [-0.15, -0.1) is 0 Å². The zero-order valence-electron chi connectivity index (χ0n) is 11.1. The average molecular weight is 269 g/mol. The van der Waals surface area contributed by atoms with Crippen molar-refractivity contribution in [2.75, 3.05) is 14.2 Å². The van der Waals surface area contributed by atoms with Crippen LogP contribution in [0.25, 0.3) is 0 Å². The summed E-state index contributed by atoms with van der Waals surface area (Å²) < 4.78 is 4.82. The Kier molecular flexibility index (Phi) is 5.55. The summed E-state index contributed by atoms with van der Waals surface area (Å²) >= 11 is 1.54. The van der Waals surface area contributed by atoms with Gasteiger partial charge in [0, 0.05) is 17.6 Å². The highest BCUT2D eigenvalue weighted by Crippen LogP contribution is 2.26. The molecule has 0 aromatic carbocycles. The normalized spacial score (nSPS) is 15.8. The SMILES string of the molecule is CNC(C)(CC(C)Sc1ncccn1)C(=O)OC. The smallest absolute Gasteiger partial charge is 0.325 e. The topological polar surface area (TPSA) is 64.1 Å². The second-order valence-electron chi connectivity index (χ2n) is 4.24. The molecule has 1 N–H and O–H groups in total. The third kappa shape index (κ3) is 3.96. The van der Waals surface area contributed by atoms with Crippen LogP contribution < -0.4 is 5.32 Å². The molecule has 2 unspecified atom stereocenters. The molecule has 1 heterocycles. The lowest BCUT2D eigenvalue weighted by Crippen LogP contribution is -2.49. The lowest BCUT2D eigenvalue weighted by molar-refractivity contribution is -0.147. The molecular weight excluding hydrogens is 250 g/mol. The molecule has 2 atom stereocenters. The van der Waals surface area contributed by atoms with Gasteiger partial charge in [0.2, 0.25) is 0 Å². The number of nitrogens with zero attached hydrogens (tertiary/aromatic N) is 2. The predicted molar refractivity (Wildman–Crippen MR) is 71.4 cm³/mol. The minimum atomic E-state index is -0.685. The van der Waals surface area contributed by atoms with E-state index in [1.807, 2.05) is 13.8 Å². The van der Waals surface area contributed by atoms with Gasteiger partial charge < -0.3 is 10.1 Å². The van der Waals surface area contributed by atoms with E-state index < -0.39 is 5.54 Å². The van der Waals surface area contributed by atoms with Gasteiger partial charge >= 0.3 is 5.97 Å². The van der Waals surface area contributed by atoms with Crippen molar-refractivity contribution in [2.45, 2.75) is 36.2 Å². The van der Waals surface area contributed by atoms with Crippen LogP contribution in [0.3, 0.4) is 0 Å². The Hall–Kier alpha value is -1.14. The Morgan fingerprint density at radius 1 is 1.56 bits per heavy atom. The Morgan fingerprint density at radius 3 is 2.67 bits per heavy atom. The minimum Gasteiger partial charge on any atom is -0.468 e. The fraction of sp³-hybridized carbons (Fsp3) is 0.583. The molecule has 0 amide bonds. The first-order chi connectivity index (χ1) is 8.51. The maximum atomic E-state index is 11.7. The summed E-state index contributed by atoms with van der Waals surface area (Å²) in [5.41, 5.74) is -0.685. The van der Waals surface area contributed by atoms with E-state index in [0.717, 1.165) is 0 Å². The largest absolute Gasteiger partial charge is 0.468 e. The maximum absolute atomic E-state index is 11.7. The number of carbonyl (C=O) groups excluding carboxylic acids is 1. The van der Waals surface area contributed by atoms with Crippen LogP contribution in [0.5, 0.6) is 0 Å². The number of aromatic nitrogens is 2. The van der Waals surface area contributed by atoms with Crippen molar-refractivity contribution < 1.29 is 9.53 Å². The number of hydrogen-bond donors (Lipinski definition) is 1. The standard InChI is InChI=1S/C12H19N3O2S/c1-9(18-11-14-6-5-7-15-11)8-12(2,13-3)10(16)17-4/h5-7,9,13H,8H2,1-4H3. The minimum absolute atomic E-state index is 0.198. The van der Waals surface area contributed by atoms with Crippen molar-refractivity contribution in [3.8, 4) is 0 Å². The van der Waals surface area contributed by atoms with Crippen molar-refractivity contribution in [2.24, 2.45) is 0 Å². The van der Waals surface area contributed by atoms with E-state index in [1.54, 1.807) is 37.3 Å². The maximum Gasteiger partial charge on any atom is 0.325 e. The number of ether oxygens (including phenoxy) is 1. The van der Waals surface area contributed by atoms with Gasteiger partial charge in [-0.3, -0.25) is 4.79 Å². The molecule has 1 aromatic heterocycles. The molecule has 0 spiro atoms. The molecule has 0 fully saturated rings. The van der Waals surface area contributed by atoms with Gasteiger partial charge in [-0.2, -0.15) is 0 Å². The van der Waals surface area contributed by atoms with Gasteiger partial charge in [-0.25, -0.2) is 9.97 Å². The molecule has 0 aliphatic heterocycles. The first kappa shape index (κ1) is 14.9. The van der Waals surface area contributed by atoms with E-state index in [4.69, 9.17) is 4.74 Å². The van der Waals surface area contributed by atoms with E-state index in [0.29, 0.717) is 11.6 Å². The van der Waals surface area contributed by atoms with Crippen LogP contribution in [-0.2, 0) is 9.53 Å². The third-order valence-corrected chi connectivity index (χ3v) is 3.72. The van der Waals surface area contributed by atoms with Crippen LogP contribution in [0.1, 0.15) is 20.3 Å². The molecule has 0 radical (unpaired) electrons. The van der Waals surface area contributed by atoms with Crippen molar-refractivity contribution in [3.05, 3.63) is 18.5 Å². The van der Waals surface area contributed by atoms with E-state index in [2.05, 4.69) is 15.3 Å². The average Bonchev–Trinajstić information content (AvgIpc) is 2.38. The van der Waals surface area contributed by atoms with Crippen LogP contribution in [0.15, 0.2) is 23.6 Å². The molecule has 6 heteroatoms. The van der Waals surface area contributed by atoms with Crippen LogP contribution in [-0.4, -0.2) is 40.9 Å². The summed E-state index contributed by atoms with van der Waals surface area (Å²) in [7, 11) is 3.16. The highest BCUT2D eigenvalue weighted by Gasteiger charge is 2.34. The molecular formula is C12H19N3O2S. The van der Waals surface area contributed by atoms with Gasteiger partial charge in [0.15, 0.2) is 5.16 Å². The number of esters is 1. The van der Waals surface area contributed by atoms with Gasteiger partial charge in [0.05, 0.1) is 7.11 Å². The van der Waals surface area contributed by atoms with Crippen molar-refractivity contribution in [1.82, 2.24) is 15.3 Å². The first-order valence-electron chi connectivity index (χ1n) is 5.73.